The van der Waals surface area contributed by atoms with Crippen LogP contribution in [0.5, 0.6) is 11.5 Å². The van der Waals surface area contributed by atoms with E-state index in [0.717, 1.165) is 62.0 Å². The molecule has 6 atom stereocenters. The molecule has 6 aromatic carbocycles. The number of nitrogens with zero attached hydrogens (tertiary/aromatic N) is 8. The van der Waals surface area contributed by atoms with Crippen LogP contribution in [0.4, 0.5) is 0 Å². The number of benzene rings is 6. The number of aromatic amines is 1. The van der Waals surface area contributed by atoms with Gasteiger partial charge in [0.05, 0.1) is 24.5 Å². The summed E-state index contributed by atoms with van der Waals surface area (Å²) in [7, 11) is 1.74. The fourth-order valence-electron chi connectivity index (χ4n) is 14.4. The Labute approximate surface area is 522 Å². The van der Waals surface area contributed by atoms with Gasteiger partial charge in [0.15, 0.2) is 28.6 Å². The number of carbonyl (C=O) groups excluding carboxylic acids is 3. The van der Waals surface area contributed by atoms with Crippen molar-refractivity contribution in [1.82, 2.24) is 44.5 Å². The van der Waals surface area contributed by atoms with Crippen molar-refractivity contribution in [2.75, 3.05) is 19.6 Å². The van der Waals surface area contributed by atoms with Crippen molar-refractivity contribution in [3.8, 4) is 11.5 Å². The fraction of sp³-hybridized carbons (Fsp3) is 0.301. The molecule has 0 aliphatic carbocycles. The smallest absolute Gasteiger partial charge is 0.278 e. The molecule has 7 heterocycles. The molecule has 0 spiro atoms. The van der Waals surface area contributed by atoms with E-state index in [9.17, 15) is 39.0 Å². The second kappa shape index (κ2) is 27.6. The van der Waals surface area contributed by atoms with Gasteiger partial charge in [-0.1, -0.05) is 196 Å². The molecule has 3 aromatic heterocycles. The summed E-state index contributed by atoms with van der Waals surface area (Å²) < 4.78 is 3.14. The number of likely N-dealkylation sites (tertiary alicyclic amines) is 2. The van der Waals surface area contributed by atoms with E-state index in [1.54, 1.807) is 39.3 Å². The number of nitrogens with one attached hydrogen (secondary N) is 1. The normalized spacial score (nSPS) is 18.3. The van der Waals surface area contributed by atoms with Gasteiger partial charge in [-0.2, -0.15) is 15.3 Å². The molecule has 90 heavy (non-hydrogen) atoms. The van der Waals surface area contributed by atoms with Crippen LogP contribution in [0.2, 0.25) is 0 Å². The number of aryl methyl sites for hydroxylation is 2. The number of rotatable bonds is 13. The summed E-state index contributed by atoms with van der Waals surface area (Å²) in [6.45, 7) is 7.99. The lowest BCUT2D eigenvalue weighted by atomic mass is 9.77. The molecule has 0 unspecified atom stereocenters. The van der Waals surface area contributed by atoms with Crippen LogP contribution < -0.4 is 16.3 Å². The first-order valence-corrected chi connectivity index (χ1v) is 31.1. The maximum atomic E-state index is 13.4. The van der Waals surface area contributed by atoms with E-state index < -0.39 is 22.4 Å². The molecular weight excluding hydrogens is 1130 g/mol. The van der Waals surface area contributed by atoms with Crippen LogP contribution in [-0.2, 0) is 7.05 Å². The second-order valence-electron chi connectivity index (χ2n) is 24.0. The summed E-state index contributed by atoms with van der Waals surface area (Å²) in [5, 5.41) is 35.3. The zero-order chi connectivity index (χ0) is 63.0. The van der Waals surface area contributed by atoms with E-state index in [4.69, 9.17) is 0 Å². The largest absolute Gasteiger partial charge is 0.502 e. The molecule has 17 nitrogen and oxygen atoms in total. The summed E-state index contributed by atoms with van der Waals surface area (Å²) >= 11 is 0. The summed E-state index contributed by atoms with van der Waals surface area (Å²) in [5.74, 6) is -1.52. The minimum atomic E-state index is -0.660. The van der Waals surface area contributed by atoms with Crippen LogP contribution >= 0.6 is 0 Å². The van der Waals surface area contributed by atoms with Crippen molar-refractivity contribution in [2.24, 2.45) is 18.9 Å². The molecule has 4 aliphatic rings. The van der Waals surface area contributed by atoms with E-state index >= 15 is 0 Å². The van der Waals surface area contributed by atoms with E-state index in [1.807, 2.05) is 89.8 Å². The Morgan fingerprint density at radius 2 is 0.967 bits per heavy atom. The molecular formula is C73H75N9O8. The molecule has 13 rings (SSSR count). The van der Waals surface area contributed by atoms with Gasteiger partial charge in [-0.25, -0.2) is 0 Å². The number of aromatic nitrogens is 6. The summed E-state index contributed by atoms with van der Waals surface area (Å²) in [5.41, 5.74) is 5.96. The van der Waals surface area contributed by atoms with Gasteiger partial charge in [0.1, 0.15) is 0 Å². The lowest BCUT2D eigenvalue weighted by molar-refractivity contribution is 0.0564. The summed E-state index contributed by atoms with van der Waals surface area (Å²) in [6.07, 6.45) is 9.09. The topological polar surface area (TPSA) is 217 Å². The maximum absolute atomic E-state index is 13.4. The Hall–Kier alpha value is -10.0. The zero-order valence-electron chi connectivity index (χ0n) is 51.0. The number of carbonyl (C=O) groups is 3. The molecule has 17 heteroatoms. The van der Waals surface area contributed by atoms with Crippen LogP contribution in [0, 0.1) is 18.8 Å². The van der Waals surface area contributed by atoms with Gasteiger partial charge in [0.25, 0.3) is 17.7 Å². The molecule has 0 saturated carbocycles. The third-order valence-corrected chi connectivity index (χ3v) is 18.6. The number of fused-ring (bicyclic) bond motifs is 2. The zero-order valence-corrected chi connectivity index (χ0v) is 51.0. The first-order chi connectivity index (χ1) is 43.7. The van der Waals surface area contributed by atoms with E-state index in [1.165, 1.54) is 22.3 Å². The first-order valence-electron chi connectivity index (χ1n) is 31.1. The van der Waals surface area contributed by atoms with Gasteiger partial charge >= 0.3 is 0 Å². The van der Waals surface area contributed by atoms with Crippen molar-refractivity contribution < 1.29 is 24.6 Å². The Bertz CT molecular complexity index is 4020. The molecule has 3 amide bonds. The highest BCUT2D eigenvalue weighted by Gasteiger charge is 2.48. The number of hydrogen-bond acceptors (Lipinski definition) is 11. The SMILES string of the molecule is C[C@H](C(c1ccccc1)c1ccccc1)[C@@H]1CCCN1C(=O)c1[nH]ncc(=O)c1O.Cc1cn(C)nc(C(=O)N2CCC[C@H]2[C@H](C)C(c2ccccc2)c2ccccc2)c1=O.O=C1c2c(O)c(=O)cnn2[C@@H](C(c2ccccc2)c2ccccc2)[C@H]2CCCN12. The third-order valence-electron chi connectivity index (χ3n) is 18.6. The number of hydrogen-bond donors (Lipinski definition) is 3. The molecule has 4 aliphatic heterocycles. The van der Waals surface area contributed by atoms with E-state index in [-0.39, 0.29) is 94.0 Å². The van der Waals surface area contributed by atoms with Crippen LogP contribution in [0.1, 0.15) is 147 Å². The maximum Gasteiger partial charge on any atom is 0.278 e. The average molecular weight is 1210 g/mol. The fourth-order valence-corrected chi connectivity index (χ4v) is 14.4. The van der Waals surface area contributed by atoms with Gasteiger partial charge in [0, 0.05) is 68.3 Å². The van der Waals surface area contributed by atoms with Crippen molar-refractivity contribution in [3.05, 3.63) is 287 Å². The predicted octanol–water partition coefficient (Wildman–Crippen LogP) is 10.7. The Morgan fingerprint density at radius 1 is 0.544 bits per heavy atom. The molecule has 0 bridgehead atoms. The Kier molecular flexibility index (Phi) is 18.9. The molecule has 0 radical (unpaired) electrons. The van der Waals surface area contributed by atoms with E-state index in [2.05, 4.69) is 131 Å². The summed E-state index contributed by atoms with van der Waals surface area (Å²) in [6, 6.07) is 61.6. The van der Waals surface area contributed by atoms with Gasteiger partial charge in [-0.3, -0.25) is 43.2 Å². The quantitative estimate of drug-likeness (QED) is 0.0986. The van der Waals surface area contributed by atoms with Crippen molar-refractivity contribution in [2.45, 2.75) is 101 Å². The van der Waals surface area contributed by atoms with E-state index in [0.29, 0.717) is 25.2 Å². The summed E-state index contributed by atoms with van der Waals surface area (Å²) in [4.78, 5) is 81.6. The standard InChI is InChI=1S/C26H29N3O2.C24H25N3O3.C23H21N3O3/c1-18-17-28(3)27-24(25(18)30)26(31)29-16-10-15-22(29)19(2)23(20-11-6-4-7-12-20)21-13-8-5-9-14-21;1-16(21(17-9-4-2-5-10-17)18-11-6-3-7-12-18)19-13-8-14-27(19)24(30)22-23(29)20(28)15-25-26-22;27-18-14-24-26-20(17-12-7-13-25(17)23(29)21(26)22(18)28)19(15-8-3-1-4-9-15)16-10-5-2-6-11-16/h4-9,11-14,17,19,22-23H,10,15-16H2,1-3H3;2-7,9-12,15-16,19,21H,8,13-14H2,1H3,(H,25,29)(H,26,28);1-6,8-11,14,17,19-20,28H,7,12-13H2/t19-,22-;16-,19-;17-,20-/m001/s1. The van der Waals surface area contributed by atoms with Crippen LogP contribution in [0.25, 0.3) is 0 Å². The third kappa shape index (κ3) is 12.7. The highest BCUT2D eigenvalue weighted by molar-refractivity contribution is 5.96. The molecule has 3 saturated heterocycles. The lowest BCUT2D eigenvalue weighted by Gasteiger charge is -2.42. The van der Waals surface area contributed by atoms with Gasteiger partial charge in [-0.15, -0.1) is 0 Å². The van der Waals surface area contributed by atoms with Crippen molar-refractivity contribution >= 4 is 17.7 Å². The van der Waals surface area contributed by atoms with Gasteiger partial charge in [-0.05, 0) is 90.7 Å². The van der Waals surface area contributed by atoms with Crippen molar-refractivity contribution in [3.63, 3.8) is 0 Å². The lowest BCUT2D eigenvalue weighted by Crippen LogP contribution is -2.50. The average Bonchev–Trinajstić information content (AvgIpc) is 1.28. The number of aromatic hydroxyl groups is 2. The highest BCUT2D eigenvalue weighted by Crippen LogP contribution is 2.46. The minimum Gasteiger partial charge on any atom is -0.502 e. The van der Waals surface area contributed by atoms with Gasteiger partial charge < -0.3 is 24.9 Å². The minimum absolute atomic E-state index is 0.00230. The molecule has 460 valence electrons. The monoisotopic (exact) mass is 1210 g/mol. The molecule has 9 aromatic rings. The van der Waals surface area contributed by atoms with Crippen LogP contribution in [0.3, 0.4) is 0 Å². The van der Waals surface area contributed by atoms with Crippen molar-refractivity contribution in [1.29, 1.82) is 0 Å². The number of H-pyrrole nitrogens is 1. The molecule has 3 N–H and O–H groups in total. The Balaban J connectivity index is 0.000000139. The molecule has 3 fully saturated rings. The second-order valence-corrected chi connectivity index (χ2v) is 24.0. The highest BCUT2D eigenvalue weighted by atomic mass is 16.3. The number of amides is 3. The first kappa shape index (κ1) is 61.6. The van der Waals surface area contributed by atoms with Crippen LogP contribution in [-0.4, -0.2) is 110 Å². The van der Waals surface area contributed by atoms with Crippen LogP contribution in [0.15, 0.2) is 215 Å². The predicted molar refractivity (Wildman–Crippen MR) is 345 cm³/mol. The Morgan fingerprint density at radius 3 is 1.43 bits per heavy atom. The van der Waals surface area contributed by atoms with Gasteiger partial charge in [0.2, 0.25) is 16.3 Å².